The Hall–Kier alpha value is -3.42. The number of hydrogen-bond acceptors (Lipinski definition) is 6. The molecule has 0 bridgehead atoms. The van der Waals surface area contributed by atoms with Crippen LogP contribution in [-0.2, 0) is 4.74 Å². The van der Waals surface area contributed by atoms with Gasteiger partial charge in [0.1, 0.15) is 0 Å². The SMILES string of the molecule is CCOC(=O)Nc1ccc(C(=O)Nc2cc(OC)c(OC)c(OC)c2)cc1. The van der Waals surface area contributed by atoms with Crippen LogP contribution in [0, 0.1) is 0 Å². The third kappa shape index (κ3) is 5.04. The van der Waals surface area contributed by atoms with E-state index in [1.165, 1.54) is 21.3 Å². The lowest BCUT2D eigenvalue weighted by atomic mass is 10.2. The maximum absolute atomic E-state index is 12.5. The van der Waals surface area contributed by atoms with Gasteiger partial charge < -0.3 is 24.3 Å². The standard InChI is InChI=1S/C19H22N2O6/c1-5-27-19(23)21-13-8-6-12(7-9-13)18(22)20-14-10-15(24-2)17(26-4)16(11-14)25-3/h6-11H,5H2,1-4H3,(H,20,22)(H,21,23). The van der Waals surface area contributed by atoms with Gasteiger partial charge in [-0.2, -0.15) is 0 Å². The second-order valence-electron chi connectivity index (χ2n) is 5.29. The molecule has 0 spiro atoms. The van der Waals surface area contributed by atoms with E-state index in [1.54, 1.807) is 43.3 Å². The third-order valence-electron chi connectivity index (χ3n) is 3.59. The number of amides is 2. The van der Waals surface area contributed by atoms with E-state index in [9.17, 15) is 9.59 Å². The number of carbonyl (C=O) groups excluding carboxylic acids is 2. The topological polar surface area (TPSA) is 95.1 Å². The minimum atomic E-state index is -0.549. The molecule has 8 heteroatoms. The molecule has 0 aliphatic rings. The van der Waals surface area contributed by atoms with E-state index in [-0.39, 0.29) is 12.5 Å². The molecule has 144 valence electrons. The lowest BCUT2D eigenvalue weighted by Gasteiger charge is -2.14. The predicted molar refractivity (Wildman–Crippen MR) is 101 cm³/mol. The van der Waals surface area contributed by atoms with Gasteiger partial charge in [-0.1, -0.05) is 0 Å². The van der Waals surface area contributed by atoms with Crippen molar-refractivity contribution in [1.29, 1.82) is 0 Å². The number of methoxy groups -OCH3 is 3. The Morgan fingerprint density at radius 1 is 0.852 bits per heavy atom. The molecule has 0 saturated carbocycles. The number of hydrogen-bond donors (Lipinski definition) is 2. The first-order valence-electron chi connectivity index (χ1n) is 8.17. The fraction of sp³-hybridized carbons (Fsp3) is 0.263. The van der Waals surface area contributed by atoms with E-state index in [2.05, 4.69) is 10.6 Å². The average molecular weight is 374 g/mol. The highest BCUT2D eigenvalue weighted by Gasteiger charge is 2.15. The van der Waals surface area contributed by atoms with Crippen molar-refractivity contribution in [3.05, 3.63) is 42.0 Å². The van der Waals surface area contributed by atoms with Crippen LogP contribution in [0.15, 0.2) is 36.4 Å². The summed E-state index contributed by atoms with van der Waals surface area (Å²) in [7, 11) is 4.50. The van der Waals surface area contributed by atoms with E-state index in [4.69, 9.17) is 18.9 Å². The number of rotatable bonds is 7. The van der Waals surface area contributed by atoms with Crippen LogP contribution in [0.5, 0.6) is 17.2 Å². The molecule has 0 aliphatic carbocycles. The maximum Gasteiger partial charge on any atom is 0.411 e. The quantitative estimate of drug-likeness (QED) is 0.770. The molecule has 0 radical (unpaired) electrons. The predicted octanol–water partition coefficient (Wildman–Crippen LogP) is 3.53. The van der Waals surface area contributed by atoms with Crippen molar-refractivity contribution < 1.29 is 28.5 Å². The molecular formula is C19H22N2O6. The summed E-state index contributed by atoms with van der Waals surface area (Å²) in [5.74, 6) is 0.974. The van der Waals surface area contributed by atoms with Gasteiger partial charge in [-0.25, -0.2) is 4.79 Å². The Kier molecular flexibility index (Phi) is 6.87. The van der Waals surface area contributed by atoms with Crippen LogP contribution in [0.1, 0.15) is 17.3 Å². The molecule has 8 nitrogen and oxygen atoms in total. The molecule has 2 aromatic carbocycles. The molecule has 2 amide bonds. The summed E-state index contributed by atoms with van der Waals surface area (Å²) < 4.78 is 20.6. The Morgan fingerprint density at radius 2 is 1.44 bits per heavy atom. The molecule has 0 heterocycles. The minimum absolute atomic E-state index is 0.279. The van der Waals surface area contributed by atoms with E-state index < -0.39 is 6.09 Å². The smallest absolute Gasteiger partial charge is 0.411 e. The first-order valence-corrected chi connectivity index (χ1v) is 8.17. The fourth-order valence-electron chi connectivity index (χ4n) is 2.35. The largest absolute Gasteiger partial charge is 0.493 e. The zero-order valence-electron chi connectivity index (χ0n) is 15.6. The van der Waals surface area contributed by atoms with Crippen LogP contribution >= 0.6 is 0 Å². The van der Waals surface area contributed by atoms with Crippen LogP contribution in [0.3, 0.4) is 0 Å². The first-order chi connectivity index (χ1) is 13.0. The van der Waals surface area contributed by atoms with E-state index in [0.717, 1.165) is 0 Å². The molecule has 0 fully saturated rings. The monoisotopic (exact) mass is 374 g/mol. The highest BCUT2D eigenvalue weighted by atomic mass is 16.5. The molecule has 0 saturated heterocycles. The average Bonchev–Trinajstić information content (AvgIpc) is 2.67. The number of ether oxygens (including phenoxy) is 4. The summed E-state index contributed by atoms with van der Waals surface area (Å²) >= 11 is 0. The minimum Gasteiger partial charge on any atom is -0.493 e. The van der Waals surface area contributed by atoms with E-state index in [1.807, 2.05) is 0 Å². The number of benzene rings is 2. The van der Waals surface area contributed by atoms with Crippen molar-refractivity contribution in [1.82, 2.24) is 0 Å². The van der Waals surface area contributed by atoms with Crippen LogP contribution in [0.25, 0.3) is 0 Å². The van der Waals surface area contributed by atoms with Gasteiger partial charge in [0.15, 0.2) is 11.5 Å². The van der Waals surface area contributed by atoms with Gasteiger partial charge in [-0.05, 0) is 31.2 Å². The van der Waals surface area contributed by atoms with Crippen molar-refractivity contribution in [3.63, 3.8) is 0 Å². The van der Waals surface area contributed by atoms with Gasteiger partial charge >= 0.3 is 6.09 Å². The van der Waals surface area contributed by atoms with Crippen LogP contribution < -0.4 is 24.8 Å². The summed E-state index contributed by atoms with van der Waals surface area (Å²) in [6.07, 6.45) is -0.549. The normalized spacial score (nSPS) is 9.93. The summed E-state index contributed by atoms with van der Waals surface area (Å²) in [6, 6.07) is 9.68. The molecule has 0 unspecified atom stereocenters. The molecular weight excluding hydrogens is 352 g/mol. The molecule has 27 heavy (non-hydrogen) atoms. The summed E-state index contributed by atoms with van der Waals surface area (Å²) in [6.45, 7) is 2.00. The highest BCUT2D eigenvalue weighted by molar-refractivity contribution is 6.05. The first kappa shape index (κ1) is 19.9. The second kappa shape index (κ2) is 9.33. The molecule has 0 atom stereocenters. The van der Waals surface area contributed by atoms with Gasteiger partial charge in [0, 0.05) is 29.1 Å². The molecule has 2 aromatic rings. The molecule has 2 rings (SSSR count). The highest BCUT2D eigenvalue weighted by Crippen LogP contribution is 2.40. The maximum atomic E-state index is 12.5. The number of nitrogens with one attached hydrogen (secondary N) is 2. The van der Waals surface area contributed by atoms with Crippen LogP contribution in [0.4, 0.5) is 16.2 Å². The Labute approximate surface area is 157 Å². The van der Waals surface area contributed by atoms with Crippen LogP contribution in [0.2, 0.25) is 0 Å². The van der Waals surface area contributed by atoms with Crippen molar-refractivity contribution in [2.75, 3.05) is 38.6 Å². The van der Waals surface area contributed by atoms with Gasteiger partial charge in [0.2, 0.25) is 5.75 Å². The summed E-state index contributed by atoms with van der Waals surface area (Å²) in [4.78, 5) is 23.9. The van der Waals surface area contributed by atoms with E-state index in [0.29, 0.717) is 34.2 Å². The van der Waals surface area contributed by atoms with Crippen LogP contribution in [-0.4, -0.2) is 39.9 Å². The number of anilines is 2. The molecule has 0 aromatic heterocycles. The summed E-state index contributed by atoms with van der Waals surface area (Å²) in [5.41, 5.74) is 1.43. The fourth-order valence-corrected chi connectivity index (χ4v) is 2.35. The summed E-state index contributed by atoms with van der Waals surface area (Å²) in [5, 5.41) is 5.33. The molecule has 0 aliphatic heterocycles. The van der Waals surface area contributed by atoms with Gasteiger partial charge in [0.25, 0.3) is 5.91 Å². The number of carbonyl (C=O) groups is 2. The van der Waals surface area contributed by atoms with Gasteiger partial charge in [-0.3, -0.25) is 10.1 Å². The second-order valence-corrected chi connectivity index (χ2v) is 5.29. The van der Waals surface area contributed by atoms with Crippen molar-refractivity contribution in [2.24, 2.45) is 0 Å². The van der Waals surface area contributed by atoms with Crippen molar-refractivity contribution in [3.8, 4) is 17.2 Å². The Balaban J connectivity index is 2.14. The lowest BCUT2D eigenvalue weighted by molar-refractivity contribution is 0.102. The van der Waals surface area contributed by atoms with Crippen molar-refractivity contribution in [2.45, 2.75) is 6.92 Å². The molecule has 2 N–H and O–H groups in total. The van der Waals surface area contributed by atoms with Gasteiger partial charge in [0.05, 0.1) is 27.9 Å². The van der Waals surface area contributed by atoms with Gasteiger partial charge in [-0.15, -0.1) is 0 Å². The zero-order chi connectivity index (χ0) is 19.8. The zero-order valence-corrected chi connectivity index (χ0v) is 15.6. The van der Waals surface area contributed by atoms with E-state index >= 15 is 0 Å². The third-order valence-corrected chi connectivity index (χ3v) is 3.59. The Morgan fingerprint density at radius 3 is 1.93 bits per heavy atom. The Bertz CT molecular complexity index is 779. The lowest BCUT2D eigenvalue weighted by Crippen LogP contribution is -2.14. The van der Waals surface area contributed by atoms with Crippen molar-refractivity contribution >= 4 is 23.4 Å².